The number of nitrogen functional groups attached to an aromatic ring is 1. The summed E-state index contributed by atoms with van der Waals surface area (Å²) in [6, 6.07) is 1.91. The summed E-state index contributed by atoms with van der Waals surface area (Å²) in [6.45, 7) is 4.15. The standard InChI is InChI=1S/C14H20N2O2/c1-8-3-4-10(14(17)18)11(7-8)12-9(2)5-6-16-13(12)15/h5-6,8,10-11H,3-4,7H2,1-2H3,(H2,15,16)(H,17,18). The molecule has 0 aromatic carbocycles. The van der Waals surface area contributed by atoms with Crippen LogP contribution >= 0.6 is 0 Å². The van der Waals surface area contributed by atoms with Gasteiger partial charge in [-0.15, -0.1) is 0 Å². The Morgan fingerprint density at radius 1 is 1.50 bits per heavy atom. The van der Waals surface area contributed by atoms with Gasteiger partial charge in [0.25, 0.3) is 0 Å². The number of carboxylic acids is 1. The first-order valence-corrected chi connectivity index (χ1v) is 6.44. The van der Waals surface area contributed by atoms with E-state index in [4.69, 9.17) is 5.73 Å². The molecular weight excluding hydrogens is 228 g/mol. The predicted molar refractivity (Wildman–Crippen MR) is 70.3 cm³/mol. The van der Waals surface area contributed by atoms with E-state index in [2.05, 4.69) is 11.9 Å². The second kappa shape index (κ2) is 4.96. The first kappa shape index (κ1) is 12.9. The molecule has 3 N–H and O–H groups in total. The van der Waals surface area contributed by atoms with E-state index in [0.29, 0.717) is 11.7 Å². The Hall–Kier alpha value is -1.58. The lowest BCUT2D eigenvalue weighted by Gasteiger charge is -2.33. The molecule has 3 unspecified atom stereocenters. The van der Waals surface area contributed by atoms with Gasteiger partial charge in [0, 0.05) is 17.7 Å². The predicted octanol–water partition coefficient (Wildman–Crippen LogP) is 2.58. The average molecular weight is 248 g/mol. The first-order chi connectivity index (χ1) is 8.50. The lowest BCUT2D eigenvalue weighted by molar-refractivity contribution is -0.143. The molecule has 98 valence electrons. The Kier molecular flexibility index (Phi) is 3.55. The minimum Gasteiger partial charge on any atom is -0.481 e. The van der Waals surface area contributed by atoms with Crippen molar-refractivity contribution < 1.29 is 9.90 Å². The van der Waals surface area contributed by atoms with Crippen LogP contribution in [0.4, 0.5) is 5.82 Å². The molecule has 1 heterocycles. The second-order valence-corrected chi connectivity index (χ2v) is 5.40. The van der Waals surface area contributed by atoms with Crippen LogP contribution in [0.5, 0.6) is 0 Å². The monoisotopic (exact) mass is 248 g/mol. The van der Waals surface area contributed by atoms with Crippen LogP contribution in [-0.4, -0.2) is 16.1 Å². The third kappa shape index (κ3) is 2.33. The van der Waals surface area contributed by atoms with E-state index < -0.39 is 5.97 Å². The smallest absolute Gasteiger partial charge is 0.307 e. The van der Waals surface area contributed by atoms with Gasteiger partial charge in [0.1, 0.15) is 5.82 Å². The molecule has 3 atom stereocenters. The molecule has 1 aliphatic carbocycles. The van der Waals surface area contributed by atoms with Crippen molar-refractivity contribution in [3.8, 4) is 0 Å². The number of aromatic nitrogens is 1. The van der Waals surface area contributed by atoms with E-state index in [0.717, 1.165) is 30.4 Å². The lowest BCUT2D eigenvalue weighted by atomic mass is 9.71. The molecule has 1 aromatic rings. The average Bonchev–Trinajstić information content (AvgIpc) is 2.28. The maximum absolute atomic E-state index is 11.4. The zero-order chi connectivity index (χ0) is 13.3. The molecule has 0 radical (unpaired) electrons. The largest absolute Gasteiger partial charge is 0.481 e. The lowest BCUT2D eigenvalue weighted by Crippen LogP contribution is -2.29. The minimum absolute atomic E-state index is 0.0000463. The number of hydrogen-bond donors (Lipinski definition) is 2. The second-order valence-electron chi connectivity index (χ2n) is 5.40. The summed E-state index contributed by atoms with van der Waals surface area (Å²) in [6.07, 6.45) is 4.27. The van der Waals surface area contributed by atoms with E-state index in [1.807, 2.05) is 13.0 Å². The summed E-state index contributed by atoms with van der Waals surface area (Å²) < 4.78 is 0. The van der Waals surface area contributed by atoms with Gasteiger partial charge in [-0.25, -0.2) is 4.98 Å². The molecule has 1 aromatic heterocycles. The molecule has 1 fully saturated rings. The van der Waals surface area contributed by atoms with Crippen molar-refractivity contribution in [2.45, 2.75) is 39.0 Å². The van der Waals surface area contributed by atoms with Gasteiger partial charge >= 0.3 is 5.97 Å². The number of anilines is 1. The fourth-order valence-electron chi connectivity index (χ4n) is 3.07. The highest BCUT2D eigenvalue weighted by molar-refractivity contribution is 5.72. The van der Waals surface area contributed by atoms with Crippen molar-refractivity contribution in [1.82, 2.24) is 4.98 Å². The number of carbonyl (C=O) groups is 1. The molecule has 18 heavy (non-hydrogen) atoms. The quantitative estimate of drug-likeness (QED) is 0.843. The van der Waals surface area contributed by atoms with Crippen LogP contribution in [0.2, 0.25) is 0 Å². The molecular formula is C14H20N2O2. The van der Waals surface area contributed by atoms with Gasteiger partial charge in [0.05, 0.1) is 5.92 Å². The van der Waals surface area contributed by atoms with Gasteiger partial charge in [0.2, 0.25) is 0 Å². The van der Waals surface area contributed by atoms with Crippen molar-refractivity contribution in [2.75, 3.05) is 5.73 Å². The normalized spacial score (nSPS) is 28.0. The topological polar surface area (TPSA) is 76.2 Å². The van der Waals surface area contributed by atoms with Crippen molar-refractivity contribution in [2.24, 2.45) is 11.8 Å². The third-order valence-corrected chi connectivity index (χ3v) is 4.04. The molecule has 0 aliphatic heterocycles. The molecule has 2 rings (SSSR count). The summed E-state index contributed by atoms with van der Waals surface area (Å²) in [5.74, 6) is -0.00846. The van der Waals surface area contributed by atoms with E-state index in [-0.39, 0.29) is 11.8 Å². The fourth-order valence-corrected chi connectivity index (χ4v) is 3.07. The Morgan fingerprint density at radius 2 is 2.22 bits per heavy atom. The van der Waals surface area contributed by atoms with E-state index in [1.165, 1.54) is 0 Å². The maximum atomic E-state index is 11.4. The van der Waals surface area contributed by atoms with Gasteiger partial charge in [0.15, 0.2) is 0 Å². The molecule has 1 aliphatic rings. The number of aryl methyl sites for hydroxylation is 1. The van der Waals surface area contributed by atoms with Crippen molar-refractivity contribution in [3.05, 3.63) is 23.4 Å². The van der Waals surface area contributed by atoms with Gasteiger partial charge < -0.3 is 10.8 Å². The molecule has 4 heteroatoms. The molecule has 4 nitrogen and oxygen atoms in total. The van der Waals surface area contributed by atoms with Crippen LogP contribution in [0.25, 0.3) is 0 Å². The van der Waals surface area contributed by atoms with Crippen LogP contribution in [0, 0.1) is 18.8 Å². The zero-order valence-corrected chi connectivity index (χ0v) is 10.9. The Labute approximate surface area is 107 Å². The van der Waals surface area contributed by atoms with Gasteiger partial charge in [-0.05, 0) is 43.7 Å². The summed E-state index contributed by atoms with van der Waals surface area (Å²) in [5, 5.41) is 9.38. The number of nitrogens with two attached hydrogens (primary N) is 1. The van der Waals surface area contributed by atoms with Crippen molar-refractivity contribution in [1.29, 1.82) is 0 Å². The maximum Gasteiger partial charge on any atom is 0.307 e. The van der Waals surface area contributed by atoms with Crippen LogP contribution in [0.3, 0.4) is 0 Å². The fraction of sp³-hybridized carbons (Fsp3) is 0.571. The number of nitrogens with zero attached hydrogens (tertiary/aromatic N) is 1. The Balaban J connectivity index is 2.41. The van der Waals surface area contributed by atoms with E-state index >= 15 is 0 Å². The highest BCUT2D eigenvalue weighted by Crippen LogP contribution is 2.43. The van der Waals surface area contributed by atoms with Crippen LogP contribution in [-0.2, 0) is 4.79 Å². The van der Waals surface area contributed by atoms with E-state index in [1.54, 1.807) is 6.20 Å². The number of hydrogen-bond acceptors (Lipinski definition) is 3. The molecule has 0 bridgehead atoms. The summed E-state index contributed by atoms with van der Waals surface area (Å²) in [4.78, 5) is 15.5. The number of carboxylic acid groups (broad SMARTS) is 1. The molecule has 0 saturated heterocycles. The van der Waals surface area contributed by atoms with Gasteiger partial charge in [-0.3, -0.25) is 4.79 Å². The number of rotatable bonds is 2. The SMILES string of the molecule is Cc1ccnc(N)c1C1CC(C)CCC1C(=O)O. The Bertz CT molecular complexity index is 439. The van der Waals surface area contributed by atoms with Crippen molar-refractivity contribution in [3.63, 3.8) is 0 Å². The number of pyridine rings is 1. The Morgan fingerprint density at radius 3 is 2.83 bits per heavy atom. The first-order valence-electron chi connectivity index (χ1n) is 6.44. The van der Waals surface area contributed by atoms with Crippen LogP contribution in [0.1, 0.15) is 43.2 Å². The molecule has 0 amide bonds. The number of aliphatic carboxylic acids is 1. The van der Waals surface area contributed by atoms with Crippen LogP contribution < -0.4 is 5.73 Å². The summed E-state index contributed by atoms with van der Waals surface area (Å²) in [5.41, 5.74) is 7.95. The summed E-state index contributed by atoms with van der Waals surface area (Å²) in [7, 11) is 0. The molecule has 1 saturated carbocycles. The molecule has 0 spiro atoms. The van der Waals surface area contributed by atoms with Gasteiger partial charge in [-0.2, -0.15) is 0 Å². The third-order valence-electron chi connectivity index (χ3n) is 4.04. The minimum atomic E-state index is -0.713. The van der Waals surface area contributed by atoms with Crippen molar-refractivity contribution >= 4 is 11.8 Å². The summed E-state index contributed by atoms with van der Waals surface area (Å²) >= 11 is 0. The van der Waals surface area contributed by atoms with Crippen LogP contribution in [0.15, 0.2) is 12.3 Å². The highest BCUT2D eigenvalue weighted by Gasteiger charge is 2.36. The highest BCUT2D eigenvalue weighted by atomic mass is 16.4. The van der Waals surface area contributed by atoms with E-state index in [9.17, 15) is 9.90 Å². The van der Waals surface area contributed by atoms with Gasteiger partial charge in [-0.1, -0.05) is 6.92 Å². The zero-order valence-electron chi connectivity index (χ0n) is 10.9.